The van der Waals surface area contributed by atoms with Crippen LogP contribution >= 0.6 is 27.3 Å². The quantitative estimate of drug-likeness (QED) is 0.946. The van der Waals surface area contributed by atoms with Crippen molar-refractivity contribution < 1.29 is 9.90 Å². The van der Waals surface area contributed by atoms with Crippen molar-refractivity contribution in [3.8, 4) is 10.7 Å². The van der Waals surface area contributed by atoms with Gasteiger partial charge in [-0.05, 0) is 28.1 Å². The molecular weight excluding hydrogens is 292 g/mol. The van der Waals surface area contributed by atoms with Crippen LogP contribution in [0.3, 0.4) is 0 Å². The van der Waals surface area contributed by atoms with Crippen molar-refractivity contribution in [3.63, 3.8) is 0 Å². The molecule has 0 saturated carbocycles. The molecule has 6 heteroatoms. The van der Waals surface area contributed by atoms with Crippen LogP contribution in [0.5, 0.6) is 0 Å². The van der Waals surface area contributed by atoms with E-state index in [1.165, 1.54) is 11.3 Å². The Bertz CT molecular complexity index is 513. The van der Waals surface area contributed by atoms with Crippen LogP contribution in [0.25, 0.3) is 10.7 Å². The second-order valence-electron chi connectivity index (χ2n) is 3.02. The number of rotatable bonds is 3. The summed E-state index contributed by atoms with van der Waals surface area (Å²) in [6, 6.07) is 5.54. The zero-order valence-electron chi connectivity index (χ0n) is 8.05. The highest BCUT2D eigenvalue weighted by atomic mass is 79.9. The van der Waals surface area contributed by atoms with Crippen LogP contribution in [0, 0.1) is 0 Å². The molecule has 0 spiro atoms. The molecule has 2 rings (SSSR count). The first kappa shape index (κ1) is 11.2. The molecule has 0 aliphatic heterocycles. The fourth-order valence-electron chi connectivity index (χ4n) is 1.18. The van der Waals surface area contributed by atoms with Crippen molar-refractivity contribution in [1.82, 2.24) is 9.97 Å². The van der Waals surface area contributed by atoms with E-state index in [-0.39, 0.29) is 6.42 Å². The zero-order valence-corrected chi connectivity index (χ0v) is 10.5. The Morgan fingerprint density at radius 1 is 1.50 bits per heavy atom. The number of aliphatic carboxylic acids is 1. The third kappa shape index (κ3) is 2.45. The number of hydrogen-bond donors (Lipinski definition) is 1. The smallest absolute Gasteiger partial charge is 0.308 e. The molecule has 0 aliphatic rings. The third-order valence-electron chi connectivity index (χ3n) is 1.85. The van der Waals surface area contributed by atoms with Gasteiger partial charge in [-0.15, -0.1) is 11.3 Å². The second-order valence-corrected chi connectivity index (χ2v) is 4.85. The van der Waals surface area contributed by atoms with Crippen molar-refractivity contribution in [2.75, 3.05) is 0 Å². The van der Waals surface area contributed by atoms with Crippen LogP contribution in [-0.4, -0.2) is 21.0 Å². The second kappa shape index (κ2) is 4.71. The van der Waals surface area contributed by atoms with E-state index in [1.807, 2.05) is 18.2 Å². The molecular formula is C10H7BrN2O2S. The van der Waals surface area contributed by atoms with E-state index in [0.29, 0.717) is 9.48 Å². The Morgan fingerprint density at radius 2 is 2.31 bits per heavy atom. The molecule has 4 nitrogen and oxygen atoms in total. The molecule has 2 aromatic rings. The largest absolute Gasteiger partial charge is 0.481 e. The predicted octanol–water partition coefficient (Wildman–Crippen LogP) is 2.59. The molecule has 2 aromatic heterocycles. The van der Waals surface area contributed by atoms with Gasteiger partial charge in [0.1, 0.15) is 9.61 Å². The Labute approximate surface area is 104 Å². The lowest BCUT2D eigenvalue weighted by molar-refractivity contribution is -0.136. The normalized spacial score (nSPS) is 10.3. The summed E-state index contributed by atoms with van der Waals surface area (Å²) in [5.41, 5.74) is 0.754. The summed E-state index contributed by atoms with van der Waals surface area (Å²) in [5, 5.41) is 9.44. The topological polar surface area (TPSA) is 63.1 Å². The van der Waals surface area contributed by atoms with E-state index in [9.17, 15) is 4.79 Å². The van der Waals surface area contributed by atoms with E-state index in [0.717, 1.165) is 10.7 Å². The number of pyridine rings is 1. The summed E-state index contributed by atoms with van der Waals surface area (Å²) in [7, 11) is 0. The van der Waals surface area contributed by atoms with Crippen molar-refractivity contribution in [3.05, 3.63) is 33.9 Å². The summed E-state index contributed by atoms with van der Waals surface area (Å²) >= 11 is 4.59. The SMILES string of the molecule is O=C(O)Cc1sc(-c2ccccn2)nc1Br. The minimum Gasteiger partial charge on any atom is -0.481 e. The maximum atomic E-state index is 10.6. The van der Waals surface area contributed by atoms with E-state index < -0.39 is 5.97 Å². The molecule has 2 heterocycles. The molecule has 0 saturated heterocycles. The first-order valence-electron chi connectivity index (χ1n) is 4.45. The van der Waals surface area contributed by atoms with Crippen LogP contribution in [0.4, 0.5) is 0 Å². The van der Waals surface area contributed by atoms with E-state index >= 15 is 0 Å². The van der Waals surface area contributed by atoms with Crippen LogP contribution < -0.4 is 0 Å². The third-order valence-corrected chi connectivity index (χ3v) is 3.84. The number of nitrogens with zero attached hydrogens (tertiary/aromatic N) is 2. The molecule has 1 N–H and O–H groups in total. The molecule has 0 amide bonds. The summed E-state index contributed by atoms with van der Waals surface area (Å²) in [4.78, 5) is 19.7. The maximum absolute atomic E-state index is 10.6. The Kier molecular flexibility index (Phi) is 3.31. The van der Waals surface area contributed by atoms with Gasteiger partial charge < -0.3 is 5.11 Å². The van der Waals surface area contributed by atoms with Crippen LogP contribution in [0.1, 0.15) is 4.88 Å². The molecule has 0 fully saturated rings. The van der Waals surface area contributed by atoms with Crippen molar-refractivity contribution >= 4 is 33.2 Å². The average Bonchev–Trinajstić information content (AvgIpc) is 2.61. The molecule has 0 radical (unpaired) electrons. The molecule has 0 atom stereocenters. The van der Waals surface area contributed by atoms with Gasteiger partial charge in [0, 0.05) is 6.20 Å². The van der Waals surface area contributed by atoms with Gasteiger partial charge in [-0.3, -0.25) is 9.78 Å². The molecule has 0 aliphatic carbocycles. The lowest BCUT2D eigenvalue weighted by Crippen LogP contribution is -1.98. The maximum Gasteiger partial charge on any atom is 0.308 e. The summed E-state index contributed by atoms with van der Waals surface area (Å²) in [5.74, 6) is -0.864. The van der Waals surface area contributed by atoms with Gasteiger partial charge in [0.2, 0.25) is 0 Å². The first-order chi connectivity index (χ1) is 7.66. The van der Waals surface area contributed by atoms with Gasteiger partial charge in [0.15, 0.2) is 0 Å². The minimum atomic E-state index is -0.864. The number of carbonyl (C=O) groups is 1. The first-order valence-corrected chi connectivity index (χ1v) is 6.06. The molecule has 82 valence electrons. The van der Waals surface area contributed by atoms with E-state index in [4.69, 9.17) is 5.11 Å². The van der Waals surface area contributed by atoms with Crippen molar-refractivity contribution in [1.29, 1.82) is 0 Å². The van der Waals surface area contributed by atoms with E-state index in [1.54, 1.807) is 6.20 Å². The highest BCUT2D eigenvalue weighted by Gasteiger charge is 2.13. The Hall–Kier alpha value is -1.27. The number of hydrogen-bond acceptors (Lipinski definition) is 4. The predicted molar refractivity (Wildman–Crippen MR) is 64.4 cm³/mol. The zero-order chi connectivity index (χ0) is 11.5. The van der Waals surface area contributed by atoms with Gasteiger partial charge >= 0.3 is 5.97 Å². The lowest BCUT2D eigenvalue weighted by Gasteiger charge is -1.91. The number of thiazole rings is 1. The fourth-order valence-corrected chi connectivity index (χ4v) is 2.78. The Balaban J connectivity index is 2.34. The summed E-state index contributed by atoms with van der Waals surface area (Å²) in [6.45, 7) is 0. The van der Waals surface area contributed by atoms with Gasteiger partial charge in [-0.1, -0.05) is 6.07 Å². The lowest BCUT2D eigenvalue weighted by atomic mass is 10.4. The highest BCUT2D eigenvalue weighted by molar-refractivity contribution is 9.10. The summed E-state index contributed by atoms with van der Waals surface area (Å²) < 4.78 is 0.584. The van der Waals surface area contributed by atoms with Crippen LogP contribution in [0.2, 0.25) is 0 Å². The fraction of sp³-hybridized carbons (Fsp3) is 0.100. The summed E-state index contributed by atoms with van der Waals surface area (Å²) in [6.07, 6.45) is 1.66. The van der Waals surface area contributed by atoms with Crippen LogP contribution in [0.15, 0.2) is 29.0 Å². The molecule has 0 unspecified atom stereocenters. The van der Waals surface area contributed by atoms with Gasteiger partial charge in [0.05, 0.1) is 17.0 Å². The van der Waals surface area contributed by atoms with E-state index in [2.05, 4.69) is 25.9 Å². The standard InChI is InChI=1S/C10H7BrN2O2S/c11-9-7(5-8(14)15)16-10(13-9)6-3-1-2-4-12-6/h1-4H,5H2,(H,14,15). The number of carboxylic acid groups (broad SMARTS) is 1. The van der Waals surface area contributed by atoms with Crippen molar-refractivity contribution in [2.24, 2.45) is 0 Å². The van der Waals surface area contributed by atoms with Gasteiger partial charge in [0.25, 0.3) is 0 Å². The van der Waals surface area contributed by atoms with Gasteiger partial charge in [-0.25, -0.2) is 4.98 Å². The monoisotopic (exact) mass is 298 g/mol. The number of carboxylic acids is 1. The van der Waals surface area contributed by atoms with Crippen molar-refractivity contribution in [2.45, 2.75) is 6.42 Å². The van der Waals surface area contributed by atoms with Gasteiger partial charge in [-0.2, -0.15) is 0 Å². The Morgan fingerprint density at radius 3 is 2.94 bits per heavy atom. The molecule has 16 heavy (non-hydrogen) atoms. The highest BCUT2D eigenvalue weighted by Crippen LogP contribution is 2.30. The number of halogens is 1. The minimum absolute atomic E-state index is 0.0227. The average molecular weight is 299 g/mol. The number of aromatic nitrogens is 2. The van der Waals surface area contributed by atoms with Crippen LogP contribution in [-0.2, 0) is 11.2 Å². The molecule has 0 aromatic carbocycles. The molecule has 0 bridgehead atoms.